The summed E-state index contributed by atoms with van der Waals surface area (Å²) in [6.45, 7) is 1.95. The Bertz CT molecular complexity index is 538. The van der Waals surface area contributed by atoms with Crippen molar-refractivity contribution < 1.29 is 8.94 Å². The molecule has 96 valence electrons. The number of furan rings is 1. The van der Waals surface area contributed by atoms with Gasteiger partial charge in [0.05, 0.1) is 11.8 Å². The molecular formula is C13H17N3O2. The van der Waals surface area contributed by atoms with Crippen molar-refractivity contribution in [3.63, 3.8) is 0 Å². The van der Waals surface area contributed by atoms with E-state index in [4.69, 9.17) is 14.7 Å². The molecule has 0 unspecified atom stereocenters. The van der Waals surface area contributed by atoms with Gasteiger partial charge in [-0.25, -0.2) is 0 Å². The van der Waals surface area contributed by atoms with Crippen molar-refractivity contribution in [3.8, 4) is 11.7 Å². The average molecular weight is 247 g/mol. The second-order valence-corrected chi connectivity index (χ2v) is 5.07. The number of nitrogens with two attached hydrogens (primary N) is 1. The molecule has 0 aromatic carbocycles. The van der Waals surface area contributed by atoms with Gasteiger partial charge in [-0.2, -0.15) is 4.98 Å². The number of aromatic nitrogens is 2. The molecule has 0 spiro atoms. The number of hydrogen-bond acceptors (Lipinski definition) is 5. The standard InChI is InChI=1S/C13H17N3O2/c1-9-5-8-17-10(9)11-15-12(16-18-11)13(14)6-3-2-4-7-13/h5,8H,2-4,6-7,14H2,1H3. The second-order valence-electron chi connectivity index (χ2n) is 5.07. The molecule has 3 rings (SSSR count). The third-order valence-electron chi connectivity index (χ3n) is 3.67. The van der Waals surface area contributed by atoms with Gasteiger partial charge in [-0.1, -0.05) is 24.4 Å². The number of aryl methyl sites for hydroxylation is 1. The summed E-state index contributed by atoms with van der Waals surface area (Å²) in [5.41, 5.74) is 6.93. The van der Waals surface area contributed by atoms with Crippen LogP contribution in [0, 0.1) is 6.92 Å². The van der Waals surface area contributed by atoms with Crippen LogP contribution in [-0.4, -0.2) is 10.1 Å². The Labute approximate surface area is 105 Å². The molecule has 2 aromatic rings. The van der Waals surface area contributed by atoms with Gasteiger partial charge in [0.1, 0.15) is 0 Å². The van der Waals surface area contributed by atoms with Crippen LogP contribution in [0.2, 0.25) is 0 Å². The van der Waals surface area contributed by atoms with E-state index in [0.29, 0.717) is 17.5 Å². The van der Waals surface area contributed by atoms with Crippen LogP contribution in [0.4, 0.5) is 0 Å². The fraction of sp³-hybridized carbons (Fsp3) is 0.538. The smallest absolute Gasteiger partial charge is 0.293 e. The lowest BCUT2D eigenvalue weighted by molar-refractivity contribution is 0.275. The van der Waals surface area contributed by atoms with E-state index in [9.17, 15) is 0 Å². The highest BCUT2D eigenvalue weighted by Gasteiger charge is 2.34. The molecule has 0 saturated heterocycles. The van der Waals surface area contributed by atoms with Gasteiger partial charge in [0.15, 0.2) is 11.6 Å². The molecule has 2 aromatic heterocycles. The molecule has 18 heavy (non-hydrogen) atoms. The Kier molecular flexibility index (Phi) is 2.70. The summed E-state index contributed by atoms with van der Waals surface area (Å²) in [5.74, 6) is 1.66. The van der Waals surface area contributed by atoms with Crippen molar-refractivity contribution in [2.75, 3.05) is 0 Å². The number of nitrogens with zero attached hydrogens (tertiary/aromatic N) is 2. The minimum atomic E-state index is -0.430. The lowest BCUT2D eigenvalue weighted by Crippen LogP contribution is -2.39. The Balaban J connectivity index is 1.92. The van der Waals surface area contributed by atoms with E-state index in [1.54, 1.807) is 6.26 Å². The van der Waals surface area contributed by atoms with Crippen molar-refractivity contribution in [2.45, 2.75) is 44.6 Å². The maximum absolute atomic E-state index is 6.37. The van der Waals surface area contributed by atoms with Crippen molar-refractivity contribution in [3.05, 3.63) is 23.7 Å². The quantitative estimate of drug-likeness (QED) is 0.882. The summed E-state index contributed by atoms with van der Waals surface area (Å²) in [6.07, 6.45) is 6.95. The zero-order valence-electron chi connectivity index (χ0n) is 10.5. The summed E-state index contributed by atoms with van der Waals surface area (Å²) in [7, 11) is 0. The SMILES string of the molecule is Cc1ccoc1-c1nc(C2(N)CCCCC2)no1. The molecule has 1 aliphatic rings. The molecule has 0 amide bonds. The van der Waals surface area contributed by atoms with E-state index in [0.717, 1.165) is 31.2 Å². The predicted molar refractivity (Wildman–Crippen MR) is 65.7 cm³/mol. The maximum atomic E-state index is 6.37. The molecule has 0 aliphatic heterocycles. The van der Waals surface area contributed by atoms with Crippen LogP contribution in [0.15, 0.2) is 21.3 Å². The summed E-state index contributed by atoms with van der Waals surface area (Å²) in [5, 5.41) is 4.04. The molecule has 0 atom stereocenters. The lowest BCUT2D eigenvalue weighted by Gasteiger charge is -2.29. The van der Waals surface area contributed by atoms with E-state index in [1.807, 2.05) is 13.0 Å². The third-order valence-corrected chi connectivity index (χ3v) is 3.67. The molecule has 2 heterocycles. The van der Waals surface area contributed by atoms with E-state index < -0.39 is 5.54 Å². The Morgan fingerprint density at radius 1 is 1.28 bits per heavy atom. The summed E-state index contributed by atoms with van der Waals surface area (Å²) in [4.78, 5) is 4.41. The van der Waals surface area contributed by atoms with Gasteiger partial charge in [0.2, 0.25) is 0 Å². The monoisotopic (exact) mass is 247 g/mol. The van der Waals surface area contributed by atoms with Crippen LogP contribution in [0.5, 0.6) is 0 Å². The van der Waals surface area contributed by atoms with Crippen LogP contribution in [0.1, 0.15) is 43.5 Å². The Morgan fingerprint density at radius 3 is 2.72 bits per heavy atom. The van der Waals surface area contributed by atoms with Crippen LogP contribution in [0.25, 0.3) is 11.7 Å². The van der Waals surface area contributed by atoms with Gasteiger partial charge in [0, 0.05) is 5.56 Å². The van der Waals surface area contributed by atoms with E-state index in [-0.39, 0.29) is 0 Å². The van der Waals surface area contributed by atoms with Gasteiger partial charge in [-0.3, -0.25) is 0 Å². The molecule has 5 nitrogen and oxygen atoms in total. The second kappa shape index (κ2) is 4.24. The minimum absolute atomic E-state index is 0.419. The fourth-order valence-corrected chi connectivity index (χ4v) is 2.52. The van der Waals surface area contributed by atoms with Gasteiger partial charge in [-0.05, 0) is 25.8 Å². The van der Waals surface area contributed by atoms with Crippen molar-refractivity contribution in [1.29, 1.82) is 0 Å². The fourth-order valence-electron chi connectivity index (χ4n) is 2.52. The van der Waals surface area contributed by atoms with Crippen LogP contribution >= 0.6 is 0 Å². The highest BCUT2D eigenvalue weighted by Crippen LogP contribution is 2.34. The first-order valence-electron chi connectivity index (χ1n) is 6.37. The van der Waals surface area contributed by atoms with Crippen LogP contribution in [0.3, 0.4) is 0 Å². The summed E-state index contributed by atoms with van der Waals surface area (Å²) in [6, 6.07) is 1.87. The Morgan fingerprint density at radius 2 is 2.06 bits per heavy atom. The highest BCUT2D eigenvalue weighted by molar-refractivity contribution is 5.49. The van der Waals surface area contributed by atoms with Gasteiger partial charge >= 0.3 is 0 Å². The van der Waals surface area contributed by atoms with Gasteiger partial charge in [-0.15, -0.1) is 0 Å². The minimum Gasteiger partial charge on any atom is -0.459 e. The van der Waals surface area contributed by atoms with E-state index in [1.165, 1.54) is 6.42 Å². The molecule has 1 fully saturated rings. The largest absolute Gasteiger partial charge is 0.459 e. The topological polar surface area (TPSA) is 78.1 Å². The van der Waals surface area contributed by atoms with Crippen molar-refractivity contribution >= 4 is 0 Å². The van der Waals surface area contributed by atoms with Crippen LogP contribution < -0.4 is 5.73 Å². The third kappa shape index (κ3) is 1.84. The van der Waals surface area contributed by atoms with Crippen molar-refractivity contribution in [1.82, 2.24) is 10.1 Å². The number of hydrogen-bond donors (Lipinski definition) is 1. The first-order valence-corrected chi connectivity index (χ1v) is 6.37. The average Bonchev–Trinajstić information content (AvgIpc) is 2.98. The van der Waals surface area contributed by atoms with E-state index in [2.05, 4.69) is 10.1 Å². The molecule has 2 N–H and O–H groups in total. The predicted octanol–water partition coefficient (Wildman–Crippen LogP) is 2.76. The first-order chi connectivity index (χ1) is 8.69. The van der Waals surface area contributed by atoms with E-state index >= 15 is 0 Å². The zero-order valence-corrected chi connectivity index (χ0v) is 10.5. The van der Waals surface area contributed by atoms with Crippen LogP contribution in [-0.2, 0) is 5.54 Å². The summed E-state index contributed by atoms with van der Waals surface area (Å²) >= 11 is 0. The van der Waals surface area contributed by atoms with Gasteiger partial charge < -0.3 is 14.7 Å². The molecule has 0 bridgehead atoms. The molecule has 1 aliphatic carbocycles. The van der Waals surface area contributed by atoms with Gasteiger partial charge in [0.25, 0.3) is 5.89 Å². The molecular weight excluding hydrogens is 230 g/mol. The lowest BCUT2D eigenvalue weighted by atomic mass is 9.82. The molecule has 5 heteroatoms. The maximum Gasteiger partial charge on any atom is 0.293 e. The molecule has 0 radical (unpaired) electrons. The molecule has 1 saturated carbocycles. The Hall–Kier alpha value is -1.62. The van der Waals surface area contributed by atoms with Crippen molar-refractivity contribution in [2.24, 2.45) is 5.73 Å². The zero-order chi connectivity index (χ0) is 12.6. The highest BCUT2D eigenvalue weighted by atomic mass is 16.5. The number of rotatable bonds is 2. The first kappa shape index (κ1) is 11.5. The summed E-state index contributed by atoms with van der Waals surface area (Å²) < 4.78 is 10.6. The normalized spacial score (nSPS) is 19.0.